The molecule has 0 aliphatic heterocycles. The van der Waals surface area contributed by atoms with Crippen molar-refractivity contribution in [2.45, 2.75) is 97.4 Å². The van der Waals surface area contributed by atoms with Gasteiger partial charge < -0.3 is 32.3 Å². The van der Waals surface area contributed by atoms with Gasteiger partial charge in [0.15, 0.2) is 0 Å². The summed E-state index contributed by atoms with van der Waals surface area (Å²) < 4.78 is 0. The largest absolute Gasteiger partial charge is 0.399 e. The minimum Gasteiger partial charge on any atom is -0.399 e. The molecule has 0 saturated carbocycles. The van der Waals surface area contributed by atoms with E-state index in [9.17, 15) is 19.2 Å². The average molecular weight is 672 g/mol. The van der Waals surface area contributed by atoms with Crippen LogP contribution in [0.3, 0.4) is 0 Å². The molecule has 0 fully saturated rings. The molecule has 1 aromatic heterocycles. The number of benzene rings is 2. The molecule has 0 spiro atoms. The molecule has 11 nitrogen and oxygen atoms in total. The Kier molecular flexibility index (Phi) is 14.8. The number of rotatable bonds is 17. The van der Waals surface area contributed by atoms with E-state index < -0.39 is 29.9 Å². The van der Waals surface area contributed by atoms with Gasteiger partial charge in [-0.15, -0.1) is 0 Å². The van der Waals surface area contributed by atoms with E-state index in [1.165, 1.54) is 12.4 Å². The second kappa shape index (κ2) is 18.7. The second-order valence-electron chi connectivity index (χ2n) is 13.8. The Labute approximate surface area is 290 Å². The maximum absolute atomic E-state index is 13.8. The number of nitrogens with zero attached hydrogens (tertiary/aromatic N) is 1. The Bertz CT molecular complexity index is 1490. The monoisotopic (exact) mass is 671 g/mol. The Hall–Kier alpha value is -4.77. The second-order valence-corrected chi connectivity index (χ2v) is 13.8. The van der Waals surface area contributed by atoms with E-state index >= 15 is 0 Å². The Morgan fingerprint density at radius 1 is 0.776 bits per heavy atom. The fourth-order valence-electron chi connectivity index (χ4n) is 5.39. The number of carbonyl (C=O) groups excluding carboxylic acids is 4. The van der Waals surface area contributed by atoms with Crippen molar-refractivity contribution >= 4 is 29.3 Å². The first-order chi connectivity index (χ1) is 23.3. The number of nitrogens with two attached hydrogens (primary N) is 1. The van der Waals surface area contributed by atoms with E-state index in [0.29, 0.717) is 43.5 Å². The summed E-state index contributed by atoms with van der Waals surface area (Å²) in [5, 5.41) is 15.2. The van der Waals surface area contributed by atoms with Crippen LogP contribution >= 0.6 is 0 Å². The van der Waals surface area contributed by atoms with Crippen molar-refractivity contribution in [1.82, 2.24) is 31.6 Å². The Morgan fingerprint density at radius 3 is 2.02 bits per heavy atom. The third-order valence-electron chi connectivity index (χ3n) is 8.12. The van der Waals surface area contributed by atoms with Gasteiger partial charge in [-0.25, -0.2) is 0 Å². The topological polar surface area (TPSA) is 167 Å². The van der Waals surface area contributed by atoms with Crippen LogP contribution in [-0.2, 0) is 20.8 Å². The number of aromatic nitrogens is 1. The maximum atomic E-state index is 13.8. The molecule has 0 radical (unpaired) electrons. The van der Waals surface area contributed by atoms with Gasteiger partial charge in [0, 0.05) is 36.2 Å². The Balaban J connectivity index is 1.70. The first-order valence-corrected chi connectivity index (χ1v) is 17.0. The summed E-state index contributed by atoms with van der Waals surface area (Å²) in [7, 11) is 0. The summed E-state index contributed by atoms with van der Waals surface area (Å²) in [6.45, 7) is 11.9. The van der Waals surface area contributed by atoms with E-state index in [4.69, 9.17) is 5.73 Å². The van der Waals surface area contributed by atoms with Gasteiger partial charge in [0.2, 0.25) is 17.7 Å². The van der Waals surface area contributed by atoms with Crippen LogP contribution in [0, 0.1) is 5.41 Å². The normalized spacial score (nSPS) is 14.4. The number of nitrogens with one attached hydrogen (secondary N) is 5. The molecule has 3 rings (SSSR count). The van der Waals surface area contributed by atoms with Crippen LogP contribution in [0.4, 0.5) is 5.69 Å². The summed E-state index contributed by atoms with van der Waals surface area (Å²) >= 11 is 0. The van der Waals surface area contributed by atoms with E-state index in [-0.39, 0.29) is 29.3 Å². The van der Waals surface area contributed by atoms with E-state index in [0.717, 1.165) is 11.1 Å². The summed E-state index contributed by atoms with van der Waals surface area (Å²) in [5.41, 5.74) is 8.52. The number of hydrogen-bond acceptors (Lipinski definition) is 7. The minimum absolute atomic E-state index is 0.177. The number of hydrogen-bond donors (Lipinski definition) is 6. The average Bonchev–Trinajstić information content (AvgIpc) is 3.06. The van der Waals surface area contributed by atoms with Gasteiger partial charge in [0.25, 0.3) is 5.91 Å². The highest BCUT2D eigenvalue weighted by atomic mass is 16.2. The van der Waals surface area contributed by atoms with Crippen LogP contribution in [0.2, 0.25) is 0 Å². The van der Waals surface area contributed by atoms with Crippen molar-refractivity contribution in [1.29, 1.82) is 0 Å². The van der Waals surface area contributed by atoms with Crippen LogP contribution in [0.15, 0.2) is 79.1 Å². The van der Waals surface area contributed by atoms with Crippen molar-refractivity contribution in [3.63, 3.8) is 0 Å². The first kappa shape index (κ1) is 38.7. The summed E-state index contributed by atoms with van der Waals surface area (Å²) in [6.07, 6.45) is 4.98. The standard InChI is InChI=1S/C38H53N7O4/c1-7-11-32(44-37(49)33(23-38(4,5)6)45-35(47)29-18-20-40-21-19-29)36(48)43-31(22-27-12-9-8-10-13-27)24-41-26(3)34(46)42-25(2)28-14-16-30(39)17-15-28/h8-10,12-21,25-26,31-33,41H,7,11,22-24,39H2,1-6H3,(H,42,46)(H,43,48)(H,44,49)(H,45,47)/t25-,26+,31+,32+,33+/m1/s1. The fourth-order valence-corrected chi connectivity index (χ4v) is 5.39. The number of amides is 4. The minimum atomic E-state index is -0.857. The van der Waals surface area contributed by atoms with Crippen LogP contribution in [-0.4, -0.2) is 59.3 Å². The molecule has 0 unspecified atom stereocenters. The van der Waals surface area contributed by atoms with Gasteiger partial charge in [-0.1, -0.05) is 76.6 Å². The third kappa shape index (κ3) is 13.3. The van der Waals surface area contributed by atoms with Crippen molar-refractivity contribution in [3.8, 4) is 0 Å². The number of anilines is 1. The summed E-state index contributed by atoms with van der Waals surface area (Å²) in [4.78, 5) is 57.5. The quantitative estimate of drug-likeness (QED) is 0.118. The van der Waals surface area contributed by atoms with Crippen molar-refractivity contribution in [2.75, 3.05) is 12.3 Å². The molecular formula is C38H53N7O4. The molecule has 2 aromatic carbocycles. The van der Waals surface area contributed by atoms with Gasteiger partial charge in [-0.2, -0.15) is 0 Å². The smallest absolute Gasteiger partial charge is 0.252 e. The molecule has 1 heterocycles. The number of carbonyl (C=O) groups is 4. The highest BCUT2D eigenvalue weighted by Gasteiger charge is 2.31. The third-order valence-corrected chi connectivity index (χ3v) is 8.12. The zero-order valence-electron chi connectivity index (χ0n) is 29.6. The maximum Gasteiger partial charge on any atom is 0.252 e. The molecule has 0 saturated heterocycles. The predicted octanol–water partition coefficient (Wildman–Crippen LogP) is 4.07. The highest BCUT2D eigenvalue weighted by Crippen LogP contribution is 2.21. The first-order valence-electron chi connectivity index (χ1n) is 17.0. The van der Waals surface area contributed by atoms with Crippen molar-refractivity contribution < 1.29 is 19.2 Å². The van der Waals surface area contributed by atoms with Crippen LogP contribution < -0.4 is 32.3 Å². The van der Waals surface area contributed by atoms with E-state index in [1.54, 1.807) is 31.2 Å². The van der Waals surface area contributed by atoms with E-state index in [2.05, 4.69) is 31.6 Å². The molecule has 5 atom stereocenters. The van der Waals surface area contributed by atoms with Gasteiger partial charge in [-0.05, 0) is 73.9 Å². The summed E-state index contributed by atoms with van der Waals surface area (Å²) in [6, 6.07) is 17.5. The SMILES string of the molecule is CCC[C@H](NC(=O)[C@H](CC(C)(C)C)NC(=O)c1ccncc1)C(=O)N[C@H](CN[C@@H](C)C(=O)N[C@H](C)c1ccc(N)cc1)Cc1ccccc1. The van der Waals surface area contributed by atoms with E-state index in [1.807, 2.05) is 77.1 Å². The molecule has 49 heavy (non-hydrogen) atoms. The predicted molar refractivity (Wildman–Crippen MR) is 193 cm³/mol. The number of pyridine rings is 1. The van der Waals surface area contributed by atoms with Crippen LogP contribution in [0.25, 0.3) is 0 Å². The molecule has 0 bridgehead atoms. The molecule has 0 aliphatic carbocycles. The molecule has 4 amide bonds. The lowest BCUT2D eigenvalue weighted by atomic mass is 9.87. The zero-order valence-corrected chi connectivity index (χ0v) is 29.6. The zero-order chi connectivity index (χ0) is 36.0. The van der Waals surface area contributed by atoms with Crippen molar-refractivity contribution in [2.24, 2.45) is 5.41 Å². The lowest BCUT2D eigenvalue weighted by Crippen LogP contribution is -2.57. The lowest BCUT2D eigenvalue weighted by molar-refractivity contribution is -0.130. The molecule has 11 heteroatoms. The Morgan fingerprint density at radius 2 is 1.41 bits per heavy atom. The molecule has 264 valence electrons. The highest BCUT2D eigenvalue weighted by molar-refractivity contribution is 5.98. The van der Waals surface area contributed by atoms with Gasteiger partial charge >= 0.3 is 0 Å². The van der Waals surface area contributed by atoms with Gasteiger partial charge in [0.05, 0.1) is 12.1 Å². The fraction of sp³-hybridized carbons (Fsp3) is 0.447. The lowest BCUT2D eigenvalue weighted by Gasteiger charge is -2.29. The molecule has 3 aromatic rings. The molecule has 7 N–H and O–H groups in total. The molecule has 0 aliphatic rings. The van der Waals surface area contributed by atoms with Gasteiger partial charge in [-0.3, -0.25) is 24.2 Å². The number of nitrogen functional groups attached to an aromatic ring is 1. The van der Waals surface area contributed by atoms with Gasteiger partial charge in [0.1, 0.15) is 12.1 Å². The van der Waals surface area contributed by atoms with Crippen LogP contribution in [0.5, 0.6) is 0 Å². The van der Waals surface area contributed by atoms with Crippen molar-refractivity contribution in [3.05, 3.63) is 95.8 Å². The summed E-state index contributed by atoms with van der Waals surface area (Å²) in [5.74, 6) is -1.33. The molecular weight excluding hydrogens is 618 g/mol. The van der Waals surface area contributed by atoms with Crippen LogP contribution in [0.1, 0.15) is 88.3 Å².